The summed E-state index contributed by atoms with van der Waals surface area (Å²) in [6.45, 7) is 0. The minimum Gasteiger partial charge on any atom is -0.307 e. The van der Waals surface area contributed by atoms with Gasteiger partial charge in [-0.05, 0) is 111 Å². The lowest BCUT2D eigenvalue weighted by Gasteiger charge is -2.26. The molecule has 0 saturated carbocycles. The van der Waals surface area contributed by atoms with Crippen LogP contribution in [0.15, 0.2) is 273 Å². The Labute approximate surface area is 456 Å². The lowest BCUT2D eigenvalue weighted by Crippen LogP contribution is -2.14. The van der Waals surface area contributed by atoms with E-state index in [2.05, 4.69) is 256 Å². The molecule has 0 bridgehead atoms. The molecular formula is C74H45N5. The summed E-state index contributed by atoms with van der Waals surface area (Å²) in [5.41, 5.74) is 18.5. The first-order chi connectivity index (χ1) is 39.1. The van der Waals surface area contributed by atoms with Crippen LogP contribution in [-0.2, 0) is 0 Å². The second-order valence-corrected chi connectivity index (χ2v) is 20.2. The second-order valence-electron chi connectivity index (χ2n) is 20.2. The van der Waals surface area contributed by atoms with Crippen LogP contribution in [0.2, 0.25) is 0 Å². The standard InChI is InChI=1S/C74H45N5/c75-46-63-72(77-65-32-18-16-30-57(65)58-31-17-19-33-66(58)77)64(47-76)74(79-69-40-36-55(50-24-10-3-11-25-50)44-61(69)62-45-56(37-41-70(62)79)51-26-12-4-13-27-51)71(52-28-14-5-15-29-52)73(63)78-67-38-34-53(48-20-6-1-7-21-48)42-59(67)60-43-54(35-39-68(60)78)49-22-8-2-9-23-49/h1-45H. The molecule has 0 aliphatic carbocycles. The molecule has 0 aliphatic rings. The van der Waals surface area contributed by atoms with Gasteiger partial charge in [0.2, 0.25) is 0 Å². The Kier molecular flexibility index (Phi) is 10.6. The van der Waals surface area contributed by atoms with Crippen molar-refractivity contribution in [2.75, 3.05) is 0 Å². The predicted octanol–water partition coefficient (Wildman–Crippen LogP) is 19.1. The third-order valence-electron chi connectivity index (χ3n) is 15.9. The van der Waals surface area contributed by atoms with E-state index in [0.717, 1.165) is 121 Å². The zero-order valence-corrected chi connectivity index (χ0v) is 42.7. The van der Waals surface area contributed by atoms with Crippen molar-refractivity contribution in [3.05, 3.63) is 284 Å². The molecule has 0 saturated heterocycles. The summed E-state index contributed by atoms with van der Waals surface area (Å²) < 4.78 is 6.80. The van der Waals surface area contributed by atoms with Crippen LogP contribution < -0.4 is 0 Å². The highest BCUT2D eigenvalue weighted by Gasteiger charge is 2.33. The zero-order chi connectivity index (χ0) is 52.6. The van der Waals surface area contributed by atoms with Crippen LogP contribution in [0.5, 0.6) is 0 Å². The van der Waals surface area contributed by atoms with E-state index in [1.165, 1.54) is 0 Å². The van der Waals surface area contributed by atoms with Gasteiger partial charge in [-0.2, -0.15) is 10.5 Å². The molecule has 3 heterocycles. The van der Waals surface area contributed by atoms with Crippen molar-refractivity contribution in [1.29, 1.82) is 10.5 Å². The summed E-state index contributed by atoms with van der Waals surface area (Å²) in [5.74, 6) is 0. The van der Waals surface area contributed by atoms with Gasteiger partial charge in [0.05, 0.1) is 50.2 Å². The molecule has 0 radical (unpaired) electrons. The molecule has 3 aromatic heterocycles. The fourth-order valence-corrected chi connectivity index (χ4v) is 12.4. The Bertz CT molecular complexity index is 4510. The molecule has 5 nitrogen and oxygen atoms in total. The number of aromatic nitrogens is 3. The maximum Gasteiger partial charge on any atom is 0.104 e. The Morgan fingerprint density at radius 1 is 0.215 bits per heavy atom. The third-order valence-corrected chi connectivity index (χ3v) is 15.9. The van der Waals surface area contributed by atoms with Gasteiger partial charge in [0.25, 0.3) is 0 Å². The van der Waals surface area contributed by atoms with Crippen molar-refractivity contribution < 1.29 is 0 Å². The molecular weight excluding hydrogens is 959 g/mol. The van der Waals surface area contributed by atoms with Crippen LogP contribution in [0.25, 0.3) is 138 Å². The van der Waals surface area contributed by atoms with Crippen molar-refractivity contribution in [3.8, 4) is 84.8 Å². The van der Waals surface area contributed by atoms with Gasteiger partial charge in [-0.25, -0.2) is 0 Å². The van der Waals surface area contributed by atoms with Crippen molar-refractivity contribution >= 4 is 65.4 Å². The van der Waals surface area contributed by atoms with Crippen LogP contribution in [-0.4, -0.2) is 13.7 Å². The van der Waals surface area contributed by atoms with E-state index >= 15 is 0 Å². The quantitative estimate of drug-likeness (QED) is 0.152. The molecule has 79 heavy (non-hydrogen) atoms. The first-order valence-corrected chi connectivity index (χ1v) is 26.6. The zero-order valence-electron chi connectivity index (χ0n) is 42.7. The Morgan fingerprint density at radius 2 is 0.468 bits per heavy atom. The number of nitriles is 2. The topological polar surface area (TPSA) is 62.4 Å². The van der Waals surface area contributed by atoms with E-state index in [4.69, 9.17) is 0 Å². The van der Waals surface area contributed by atoms with E-state index in [1.54, 1.807) is 0 Å². The predicted molar refractivity (Wildman–Crippen MR) is 326 cm³/mol. The first kappa shape index (κ1) is 45.4. The van der Waals surface area contributed by atoms with E-state index < -0.39 is 0 Å². The Hall–Kier alpha value is -11.0. The summed E-state index contributed by atoms with van der Waals surface area (Å²) in [4.78, 5) is 0. The first-order valence-electron chi connectivity index (χ1n) is 26.6. The fourth-order valence-electron chi connectivity index (χ4n) is 12.4. The normalized spacial score (nSPS) is 11.5. The smallest absolute Gasteiger partial charge is 0.104 e. The summed E-state index contributed by atoms with van der Waals surface area (Å²) in [7, 11) is 0. The second kappa shape index (κ2) is 18.4. The van der Waals surface area contributed by atoms with E-state index in [9.17, 15) is 10.5 Å². The lowest BCUT2D eigenvalue weighted by atomic mass is 9.91. The molecule has 0 aliphatic heterocycles. The molecule has 0 fully saturated rings. The van der Waals surface area contributed by atoms with Gasteiger partial charge in [-0.3, -0.25) is 0 Å². The van der Waals surface area contributed by atoms with Gasteiger partial charge in [0.15, 0.2) is 0 Å². The number of rotatable bonds is 8. The SMILES string of the molecule is N#Cc1c(-n2c3ccccc3c3ccccc32)c(C#N)c(-n2c3ccc(-c4ccccc4)cc3c3cc(-c4ccccc4)ccc32)c(-c2ccccc2)c1-n1c2ccc(-c3ccccc3)cc2c2cc(-c3ccccc3)ccc21. The molecule has 0 spiro atoms. The number of nitrogens with zero attached hydrogens (tertiary/aromatic N) is 5. The lowest BCUT2D eigenvalue weighted by molar-refractivity contribution is 1.08. The van der Waals surface area contributed by atoms with Gasteiger partial charge >= 0.3 is 0 Å². The fraction of sp³-hybridized carbons (Fsp3) is 0. The van der Waals surface area contributed by atoms with Crippen LogP contribution >= 0.6 is 0 Å². The molecule has 15 aromatic rings. The van der Waals surface area contributed by atoms with Gasteiger partial charge in [-0.1, -0.05) is 212 Å². The minimum atomic E-state index is 0.377. The van der Waals surface area contributed by atoms with Crippen LogP contribution in [0, 0.1) is 22.7 Å². The molecule has 0 atom stereocenters. The van der Waals surface area contributed by atoms with E-state index in [1.807, 2.05) is 42.5 Å². The molecule has 15 rings (SSSR count). The van der Waals surface area contributed by atoms with Crippen molar-refractivity contribution in [2.24, 2.45) is 0 Å². The average molecular weight is 1000 g/mol. The third kappa shape index (κ3) is 7.15. The highest BCUT2D eigenvalue weighted by Crippen LogP contribution is 2.50. The maximum absolute atomic E-state index is 12.4. The van der Waals surface area contributed by atoms with Crippen molar-refractivity contribution in [2.45, 2.75) is 0 Å². The molecule has 366 valence electrons. The maximum atomic E-state index is 12.4. The largest absolute Gasteiger partial charge is 0.307 e. The molecule has 0 amide bonds. The van der Waals surface area contributed by atoms with Gasteiger partial charge < -0.3 is 13.7 Å². The number of hydrogen-bond donors (Lipinski definition) is 0. The summed E-state index contributed by atoms with van der Waals surface area (Å²) in [6.07, 6.45) is 0. The molecule has 0 N–H and O–H groups in total. The molecule has 12 aromatic carbocycles. The highest BCUT2D eigenvalue weighted by atomic mass is 15.1. The number of fused-ring (bicyclic) bond motifs is 9. The molecule has 5 heteroatoms. The number of benzene rings is 12. The average Bonchev–Trinajstić information content (AvgIpc) is 3.67. The number of hydrogen-bond acceptors (Lipinski definition) is 2. The molecule has 0 unspecified atom stereocenters. The van der Waals surface area contributed by atoms with Crippen LogP contribution in [0.4, 0.5) is 0 Å². The Balaban J connectivity index is 1.17. The Morgan fingerprint density at radius 3 is 0.772 bits per heavy atom. The van der Waals surface area contributed by atoms with E-state index in [0.29, 0.717) is 28.2 Å². The van der Waals surface area contributed by atoms with Crippen molar-refractivity contribution in [3.63, 3.8) is 0 Å². The summed E-state index contributed by atoms with van der Waals surface area (Å²) >= 11 is 0. The summed E-state index contributed by atoms with van der Waals surface area (Å²) in [5, 5.41) is 31.0. The van der Waals surface area contributed by atoms with Crippen LogP contribution in [0.1, 0.15) is 11.1 Å². The van der Waals surface area contributed by atoms with E-state index in [-0.39, 0.29) is 0 Å². The van der Waals surface area contributed by atoms with Crippen LogP contribution in [0.3, 0.4) is 0 Å². The van der Waals surface area contributed by atoms with Crippen molar-refractivity contribution in [1.82, 2.24) is 13.7 Å². The highest BCUT2D eigenvalue weighted by molar-refractivity contribution is 6.16. The van der Waals surface area contributed by atoms with Gasteiger partial charge in [0.1, 0.15) is 23.3 Å². The van der Waals surface area contributed by atoms with Gasteiger partial charge in [-0.15, -0.1) is 0 Å². The monoisotopic (exact) mass is 1000 g/mol. The summed E-state index contributed by atoms with van der Waals surface area (Å²) in [6, 6.07) is 102. The minimum absolute atomic E-state index is 0.377. The number of para-hydroxylation sites is 2. The van der Waals surface area contributed by atoms with Gasteiger partial charge in [0, 0.05) is 37.9 Å².